The summed E-state index contributed by atoms with van der Waals surface area (Å²) in [4.78, 5) is 0. The van der Waals surface area contributed by atoms with E-state index in [9.17, 15) is 5.21 Å². The Hall–Kier alpha value is -2.01. The Morgan fingerprint density at radius 3 is 2.30 bits per heavy atom. The van der Waals surface area contributed by atoms with Crippen LogP contribution in [0.1, 0.15) is 22.3 Å². The number of oxime groups is 1. The largest absolute Gasteiger partial charge is 0.410 e. The summed E-state index contributed by atoms with van der Waals surface area (Å²) in [6, 6.07) is 17.0. The lowest BCUT2D eigenvalue weighted by molar-refractivity contribution is 0.319. The van der Waals surface area contributed by atoms with Gasteiger partial charge in [0.15, 0.2) is 0 Å². The highest BCUT2D eigenvalue weighted by Crippen LogP contribution is 2.29. The Labute approximate surface area is 176 Å². The number of aryl methyl sites for hydroxylation is 2. The Kier molecular flexibility index (Phi) is 6.10. The summed E-state index contributed by atoms with van der Waals surface area (Å²) in [7, 11) is 0. The molecule has 0 aliphatic rings. The number of rotatable bonds is 4. The van der Waals surface area contributed by atoms with E-state index in [4.69, 9.17) is 23.2 Å². The molecular formula is C21H17BrCl2N2O. The van der Waals surface area contributed by atoms with Crippen LogP contribution in [-0.2, 0) is 0 Å². The van der Waals surface area contributed by atoms with Gasteiger partial charge in [0.2, 0.25) is 0 Å². The molecule has 6 heteroatoms. The Morgan fingerprint density at radius 1 is 0.926 bits per heavy atom. The van der Waals surface area contributed by atoms with Crippen molar-refractivity contribution < 1.29 is 5.21 Å². The van der Waals surface area contributed by atoms with Gasteiger partial charge in [0.05, 0.1) is 5.02 Å². The molecule has 0 heterocycles. The zero-order valence-corrected chi connectivity index (χ0v) is 17.8. The molecule has 3 nitrogen and oxygen atoms in total. The summed E-state index contributed by atoms with van der Waals surface area (Å²) in [6.07, 6.45) is 0. The lowest BCUT2D eigenvalue weighted by atomic mass is 9.98. The van der Waals surface area contributed by atoms with Crippen LogP contribution < -0.4 is 5.32 Å². The number of halogens is 3. The van der Waals surface area contributed by atoms with Crippen molar-refractivity contribution in [1.29, 1.82) is 0 Å². The molecule has 0 saturated heterocycles. The van der Waals surface area contributed by atoms with Gasteiger partial charge in [-0.1, -0.05) is 50.4 Å². The van der Waals surface area contributed by atoms with E-state index in [1.54, 1.807) is 6.07 Å². The van der Waals surface area contributed by atoms with Crippen LogP contribution in [-0.4, -0.2) is 10.9 Å². The zero-order valence-electron chi connectivity index (χ0n) is 14.7. The molecule has 0 aliphatic carbocycles. The van der Waals surface area contributed by atoms with Crippen molar-refractivity contribution in [1.82, 2.24) is 0 Å². The van der Waals surface area contributed by atoms with Crippen molar-refractivity contribution in [3.63, 3.8) is 0 Å². The summed E-state index contributed by atoms with van der Waals surface area (Å²) in [5.74, 6) is 0. The quantitative estimate of drug-likeness (QED) is 0.241. The first kappa shape index (κ1) is 19.7. The molecule has 138 valence electrons. The van der Waals surface area contributed by atoms with Crippen molar-refractivity contribution >= 4 is 56.2 Å². The van der Waals surface area contributed by atoms with Crippen molar-refractivity contribution in [3.8, 4) is 0 Å². The van der Waals surface area contributed by atoms with E-state index in [0.717, 1.165) is 32.5 Å². The van der Waals surface area contributed by atoms with Crippen LogP contribution in [0, 0.1) is 13.8 Å². The van der Waals surface area contributed by atoms with E-state index in [1.807, 2.05) is 62.4 Å². The normalized spacial score (nSPS) is 11.5. The van der Waals surface area contributed by atoms with Gasteiger partial charge in [-0.25, -0.2) is 0 Å². The average molecular weight is 464 g/mol. The lowest BCUT2D eigenvalue weighted by Crippen LogP contribution is -2.07. The van der Waals surface area contributed by atoms with Crippen LogP contribution in [0.25, 0.3) is 0 Å². The molecule has 27 heavy (non-hydrogen) atoms. The first-order valence-electron chi connectivity index (χ1n) is 8.20. The molecule has 2 N–H and O–H groups in total. The molecule has 3 rings (SSSR count). The van der Waals surface area contributed by atoms with Gasteiger partial charge in [-0.2, -0.15) is 0 Å². The van der Waals surface area contributed by atoms with Crippen LogP contribution in [0.15, 0.2) is 64.2 Å². The highest BCUT2D eigenvalue weighted by atomic mass is 79.9. The van der Waals surface area contributed by atoms with Crippen molar-refractivity contribution in [2.24, 2.45) is 5.16 Å². The maximum absolute atomic E-state index is 9.59. The fourth-order valence-corrected chi connectivity index (χ4v) is 3.83. The summed E-state index contributed by atoms with van der Waals surface area (Å²) in [6.45, 7) is 3.94. The fraction of sp³-hybridized carbons (Fsp3) is 0.0952. The number of benzene rings is 3. The van der Waals surface area contributed by atoms with E-state index in [2.05, 4.69) is 26.4 Å². The second kappa shape index (κ2) is 8.34. The van der Waals surface area contributed by atoms with E-state index >= 15 is 0 Å². The minimum atomic E-state index is 0.403. The standard InChI is InChI=1S/C21H17BrCl2N2O/c1-12-10-15(23)4-6-17(12)21(26-27)18-7-5-16(11-19(18)24)25-20-8-3-14(22)9-13(20)2/h3-11,25,27H,1-2H3. The minimum absolute atomic E-state index is 0.403. The maximum Gasteiger partial charge on any atom is 0.118 e. The predicted molar refractivity (Wildman–Crippen MR) is 117 cm³/mol. The first-order chi connectivity index (χ1) is 12.9. The third-order valence-corrected chi connectivity index (χ3v) is 5.28. The molecule has 0 aromatic heterocycles. The third-order valence-electron chi connectivity index (χ3n) is 4.24. The van der Waals surface area contributed by atoms with Crippen LogP contribution in [0.4, 0.5) is 11.4 Å². The van der Waals surface area contributed by atoms with Crippen LogP contribution >= 0.6 is 39.1 Å². The highest BCUT2D eigenvalue weighted by molar-refractivity contribution is 9.10. The van der Waals surface area contributed by atoms with Gasteiger partial charge in [-0.05, 0) is 73.5 Å². The highest BCUT2D eigenvalue weighted by Gasteiger charge is 2.15. The molecule has 3 aromatic carbocycles. The predicted octanol–water partition coefficient (Wildman–Crippen LogP) is 7.34. The molecule has 0 atom stereocenters. The SMILES string of the molecule is Cc1cc(Br)ccc1Nc1ccc(C(=NO)c2ccc(Cl)cc2C)c(Cl)c1. The molecule has 0 saturated carbocycles. The van der Waals surface area contributed by atoms with Gasteiger partial charge in [0.1, 0.15) is 5.71 Å². The van der Waals surface area contributed by atoms with Gasteiger partial charge >= 0.3 is 0 Å². The Balaban J connectivity index is 1.94. The van der Waals surface area contributed by atoms with E-state index < -0.39 is 0 Å². The maximum atomic E-state index is 9.59. The summed E-state index contributed by atoms with van der Waals surface area (Å²) in [5.41, 5.74) is 5.67. The monoisotopic (exact) mass is 462 g/mol. The number of anilines is 2. The van der Waals surface area contributed by atoms with Crippen LogP contribution in [0.3, 0.4) is 0 Å². The van der Waals surface area contributed by atoms with E-state index in [0.29, 0.717) is 21.3 Å². The van der Waals surface area contributed by atoms with Crippen LogP contribution in [0.5, 0.6) is 0 Å². The smallest absolute Gasteiger partial charge is 0.118 e. The molecule has 0 amide bonds. The van der Waals surface area contributed by atoms with Gasteiger partial charge < -0.3 is 10.5 Å². The topological polar surface area (TPSA) is 44.6 Å². The summed E-state index contributed by atoms with van der Waals surface area (Å²) < 4.78 is 1.03. The van der Waals surface area contributed by atoms with Gasteiger partial charge in [-0.3, -0.25) is 0 Å². The van der Waals surface area contributed by atoms with Gasteiger partial charge in [0, 0.05) is 32.0 Å². The molecule has 0 spiro atoms. The lowest BCUT2D eigenvalue weighted by Gasteiger charge is -2.14. The van der Waals surface area contributed by atoms with Crippen molar-refractivity contribution in [3.05, 3.63) is 91.4 Å². The number of hydrogen-bond acceptors (Lipinski definition) is 3. The van der Waals surface area contributed by atoms with Crippen molar-refractivity contribution in [2.75, 3.05) is 5.32 Å². The molecular weight excluding hydrogens is 447 g/mol. The Morgan fingerprint density at radius 2 is 1.67 bits per heavy atom. The van der Waals surface area contributed by atoms with Crippen molar-refractivity contribution in [2.45, 2.75) is 13.8 Å². The zero-order chi connectivity index (χ0) is 19.6. The van der Waals surface area contributed by atoms with Gasteiger partial charge in [0.25, 0.3) is 0 Å². The first-order valence-corrected chi connectivity index (χ1v) is 9.75. The fourth-order valence-electron chi connectivity index (χ4n) is 2.85. The molecule has 0 bridgehead atoms. The summed E-state index contributed by atoms with van der Waals surface area (Å²) in [5, 5.41) is 17.5. The third kappa shape index (κ3) is 4.46. The number of nitrogens with zero attached hydrogens (tertiary/aromatic N) is 1. The minimum Gasteiger partial charge on any atom is -0.410 e. The number of nitrogens with one attached hydrogen (secondary N) is 1. The summed E-state index contributed by atoms with van der Waals surface area (Å²) >= 11 is 16.0. The number of hydrogen-bond donors (Lipinski definition) is 2. The molecule has 0 radical (unpaired) electrons. The van der Waals surface area contributed by atoms with E-state index in [-0.39, 0.29) is 0 Å². The molecule has 3 aromatic rings. The molecule has 0 aliphatic heterocycles. The second-order valence-corrected chi connectivity index (χ2v) is 7.95. The molecule has 0 unspecified atom stereocenters. The van der Waals surface area contributed by atoms with E-state index in [1.165, 1.54) is 0 Å². The second-order valence-electron chi connectivity index (χ2n) is 6.19. The molecule has 0 fully saturated rings. The van der Waals surface area contributed by atoms with Gasteiger partial charge in [-0.15, -0.1) is 0 Å². The Bertz CT molecular complexity index is 1030. The average Bonchev–Trinajstić information content (AvgIpc) is 2.61. The van der Waals surface area contributed by atoms with Crippen LogP contribution in [0.2, 0.25) is 10.0 Å².